The lowest BCUT2D eigenvalue weighted by molar-refractivity contribution is -0.140. The van der Waals surface area contributed by atoms with Gasteiger partial charge in [0.05, 0.1) is 11.8 Å². The zero-order valence-corrected chi connectivity index (χ0v) is 15.9. The van der Waals surface area contributed by atoms with Gasteiger partial charge in [-0.25, -0.2) is 4.39 Å². The smallest absolute Gasteiger partial charge is 0.233 e. The molecular weight excluding hydrogens is 359 g/mol. The molecule has 6 nitrogen and oxygen atoms in total. The number of nitrogens with one attached hydrogen (secondary N) is 2. The second-order valence-electron chi connectivity index (χ2n) is 7.63. The number of aliphatic imine (C=N–C) groups is 1. The number of carbonyl (C=O) groups excluding carboxylic acids is 2. The summed E-state index contributed by atoms with van der Waals surface area (Å²) in [5.41, 5.74) is 1.03. The summed E-state index contributed by atoms with van der Waals surface area (Å²) in [6.45, 7) is 1.45. The van der Waals surface area contributed by atoms with Gasteiger partial charge in [0, 0.05) is 26.7 Å². The monoisotopic (exact) mass is 384 g/mol. The minimum atomic E-state index is -0.242. The van der Waals surface area contributed by atoms with Gasteiger partial charge < -0.3 is 10.6 Å². The third kappa shape index (κ3) is 3.41. The molecule has 148 valence electrons. The van der Waals surface area contributed by atoms with Gasteiger partial charge in [0.15, 0.2) is 5.96 Å². The molecule has 3 aliphatic rings. The highest BCUT2D eigenvalue weighted by molar-refractivity contribution is 6.06. The van der Waals surface area contributed by atoms with Crippen LogP contribution in [0.4, 0.5) is 4.39 Å². The molecule has 1 heterocycles. The van der Waals surface area contributed by atoms with Crippen molar-refractivity contribution in [3.05, 3.63) is 47.8 Å². The van der Waals surface area contributed by atoms with Crippen molar-refractivity contribution in [2.24, 2.45) is 28.7 Å². The Morgan fingerprint density at radius 2 is 1.68 bits per heavy atom. The van der Waals surface area contributed by atoms with Crippen LogP contribution in [0.25, 0.3) is 0 Å². The highest BCUT2D eigenvalue weighted by Gasteiger charge is 2.58. The number of amides is 2. The first-order valence-corrected chi connectivity index (χ1v) is 9.81. The minimum Gasteiger partial charge on any atom is -0.356 e. The zero-order valence-electron chi connectivity index (χ0n) is 15.9. The molecule has 1 aromatic carbocycles. The standard InChI is InChI=1S/C21H25FN4O2/c1-23-21(24-9-8-13-2-6-16(22)7-3-13)25-10-11-26-19(27)17-14-4-5-15(12-14)18(17)20(26)28/h2-7,14-15,17-18H,8-12H2,1H3,(H2,23,24,25). The molecule has 2 bridgehead atoms. The normalized spacial score (nSPS) is 28.2. The Balaban J connectivity index is 1.22. The number of guanidine groups is 1. The molecule has 2 amide bonds. The number of likely N-dealkylation sites (tertiary alicyclic amines) is 1. The highest BCUT2D eigenvalue weighted by Crippen LogP contribution is 2.52. The molecule has 2 aliphatic carbocycles. The summed E-state index contributed by atoms with van der Waals surface area (Å²) < 4.78 is 12.9. The third-order valence-corrected chi connectivity index (χ3v) is 6.03. The topological polar surface area (TPSA) is 73.8 Å². The van der Waals surface area contributed by atoms with E-state index in [4.69, 9.17) is 0 Å². The lowest BCUT2D eigenvalue weighted by Crippen LogP contribution is -2.44. The van der Waals surface area contributed by atoms with E-state index in [0.29, 0.717) is 25.6 Å². The molecule has 7 heteroatoms. The van der Waals surface area contributed by atoms with Crippen LogP contribution in [0, 0.1) is 29.5 Å². The molecule has 0 aromatic heterocycles. The molecule has 4 atom stereocenters. The second kappa shape index (κ2) is 7.73. The number of allylic oxidation sites excluding steroid dienone is 2. The average molecular weight is 384 g/mol. The summed E-state index contributed by atoms with van der Waals surface area (Å²) in [7, 11) is 1.67. The Bertz CT molecular complexity index is 790. The molecular formula is C21H25FN4O2. The number of benzene rings is 1. The van der Waals surface area contributed by atoms with E-state index < -0.39 is 0 Å². The minimum absolute atomic E-state index is 0.0205. The fourth-order valence-electron chi connectivity index (χ4n) is 4.67. The van der Waals surface area contributed by atoms with Gasteiger partial charge in [0.1, 0.15) is 5.82 Å². The van der Waals surface area contributed by atoms with E-state index >= 15 is 0 Å². The van der Waals surface area contributed by atoms with Gasteiger partial charge in [-0.05, 0) is 42.4 Å². The Kier molecular flexibility index (Phi) is 5.15. The Morgan fingerprint density at radius 3 is 2.29 bits per heavy atom. The molecule has 1 saturated carbocycles. The summed E-state index contributed by atoms with van der Waals surface area (Å²) in [6, 6.07) is 6.42. The average Bonchev–Trinajstić information content (AvgIpc) is 3.37. The molecule has 4 rings (SSSR count). The quantitative estimate of drug-likeness (QED) is 0.336. The van der Waals surface area contributed by atoms with E-state index in [2.05, 4.69) is 27.8 Å². The first-order valence-electron chi connectivity index (χ1n) is 9.81. The van der Waals surface area contributed by atoms with Crippen molar-refractivity contribution in [2.75, 3.05) is 26.7 Å². The number of rotatable bonds is 6. The van der Waals surface area contributed by atoms with Crippen molar-refractivity contribution >= 4 is 17.8 Å². The van der Waals surface area contributed by atoms with E-state index in [1.165, 1.54) is 17.0 Å². The van der Waals surface area contributed by atoms with Crippen LogP contribution in [0.15, 0.2) is 41.4 Å². The Hall–Kier alpha value is -2.70. The molecule has 0 radical (unpaired) electrons. The van der Waals surface area contributed by atoms with Gasteiger partial charge >= 0.3 is 0 Å². The number of halogens is 1. The summed E-state index contributed by atoms with van der Waals surface area (Å²) in [5.74, 6) is 0.527. The molecule has 1 aliphatic heterocycles. The molecule has 28 heavy (non-hydrogen) atoms. The predicted octanol–water partition coefficient (Wildman–Crippen LogP) is 1.34. The molecule has 2 N–H and O–H groups in total. The fraction of sp³-hybridized carbons (Fsp3) is 0.476. The van der Waals surface area contributed by atoms with Crippen molar-refractivity contribution in [1.82, 2.24) is 15.5 Å². The second-order valence-corrected chi connectivity index (χ2v) is 7.63. The number of hydrogen-bond acceptors (Lipinski definition) is 3. The van der Waals surface area contributed by atoms with Gasteiger partial charge in [-0.15, -0.1) is 0 Å². The number of imide groups is 1. The van der Waals surface area contributed by atoms with Crippen LogP contribution in [0.1, 0.15) is 12.0 Å². The van der Waals surface area contributed by atoms with Crippen LogP contribution in [0.2, 0.25) is 0 Å². The van der Waals surface area contributed by atoms with Crippen LogP contribution < -0.4 is 10.6 Å². The lowest BCUT2D eigenvalue weighted by atomic mass is 9.85. The highest BCUT2D eigenvalue weighted by atomic mass is 19.1. The van der Waals surface area contributed by atoms with E-state index in [9.17, 15) is 14.0 Å². The number of hydrogen-bond donors (Lipinski definition) is 2. The Morgan fingerprint density at radius 1 is 1.07 bits per heavy atom. The summed E-state index contributed by atoms with van der Waals surface area (Å²) in [4.78, 5) is 30.9. The molecule has 0 spiro atoms. The van der Waals surface area contributed by atoms with Crippen LogP contribution in [0.5, 0.6) is 0 Å². The van der Waals surface area contributed by atoms with Gasteiger partial charge in [0.2, 0.25) is 11.8 Å². The van der Waals surface area contributed by atoms with Gasteiger partial charge in [-0.2, -0.15) is 0 Å². The SMILES string of the molecule is CN=C(NCCc1ccc(F)cc1)NCCN1C(=O)C2C3C=CC(C3)C2C1=O. The van der Waals surface area contributed by atoms with Crippen molar-refractivity contribution in [3.8, 4) is 0 Å². The van der Waals surface area contributed by atoms with E-state index in [1.54, 1.807) is 19.2 Å². The Labute approximate surface area is 163 Å². The molecule has 1 saturated heterocycles. The molecule has 4 unspecified atom stereocenters. The predicted molar refractivity (Wildman–Crippen MR) is 104 cm³/mol. The van der Waals surface area contributed by atoms with Crippen LogP contribution in [-0.4, -0.2) is 49.4 Å². The maximum Gasteiger partial charge on any atom is 0.233 e. The van der Waals surface area contributed by atoms with Gasteiger partial charge in [-0.3, -0.25) is 19.5 Å². The van der Waals surface area contributed by atoms with Crippen molar-refractivity contribution in [2.45, 2.75) is 12.8 Å². The van der Waals surface area contributed by atoms with E-state index in [0.717, 1.165) is 18.4 Å². The largest absolute Gasteiger partial charge is 0.356 e. The summed E-state index contributed by atoms with van der Waals surface area (Å²) in [6.07, 6.45) is 5.89. The van der Waals surface area contributed by atoms with Crippen LogP contribution in [-0.2, 0) is 16.0 Å². The maximum absolute atomic E-state index is 12.9. The first kappa shape index (κ1) is 18.7. The maximum atomic E-state index is 12.9. The fourth-order valence-corrected chi connectivity index (χ4v) is 4.67. The van der Waals surface area contributed by atoms with Gasteiger partial charge in [-0.1, -0.05) is 24.3 Å². The zero-order chi connectivity index (χ0) is 19.7. The van der Waals surface area contributed by atoms with Crippen molar-refractivity contribution in [3.63, 3.8) is 0 Å². The molecule has 1 aromatic rings. The lowest BCUT2D eigenvalue weighted by Gasteiger charge is -2.18. The van der Waals surface area contributed by atoms with E-state index in [-0.39, 0.29) is 41.3 Å². The molecule has 2 fully saturated rings. The third-order valence-electron chi connectivity index (χ3n) is 6.03. The summed E-state index contributed by atoms with van der Waals surface area (Å²) in [5, 5.41) is 6.34. The van der Waals surface area contributed by atoms with Gasteiger partial charge in [0.25, 0.3) is 0 Å². The van der Waals surface area contributed by atoms with Crippen LogP contribution >= 0.6 is 0 Å². The first-order chi connectivity index (χ1) is 13.6. The van der Waals surface area contributed by atoms with Crippen molar-refractivity contribution in [1.29, 1.82) is 0 Å². The number of carbonyl (C=O) groups is 2. The number of fused-ring (bicyclic) bond motifs is 5. The summed E-state index contributed by atoms with van der Waals surface area (Å²) >= 11 is 0. The number of nitrogens with zero attached hydrogens (tertiary/aromatic N) is 2. The van der Waals surface area contributed by atoms with Crippen LogP contribution in [0.3, 0.4) is 0 Å². The van der Waals surface area contributed by atoms with E-state index in [1.807, 2.05) is 0 Å². The van der Waals surface area contributed by atoms with Crippen molar-refractivity contribution < 1.29 is 14.0 Å².